The molecule has 0 N–H and O–H groups in total. The van der Waals surface area contributed by atoms with Crippen LogP contribution in [0.2, 0.25) is 0 Å². The van der Waals surface area contributed by atoms with Crippen molar-refractivity contribution in [3.8, 4) is 17.1 Å². The molecule has 45 heavy (non-hydrogen) atoms. The zero-order valence-electron chi connectivity index (χ0n) is 28.1. The molecule has 0 spiro atoms. The molecule has 0 aliphatic heterocycles. The van der Waals surface area contributed by atoms with Gasteiger partial charge in [-0.2, -0.15) is 0 Å². The second kappa shape index (κ2) is 15.4. The molecule has 0 saturated carbocycles. The first-order valence-electron chi connectivity index (χ1n) is 16.2. The third-order valence-corrected chi connectivity index (χ3v) is 8.19. The van der Waals surface area contributed by atoms with Crippen LogP contribution in [0.1, 0.15) is 114 Å². The first-order chi connectivity index (χ1) is 21.5. The zero-order chi connectivity index (χ0) is 32.7. The number of non-ortho nitro benzene ring substituents is 1. The van der Waals surface area contributed by atoms with E-state index in [9.17, 15) is 10.1 Å². The fourth-order valence-corrected chi connectivity index (χ4v) is 5.75. The highest BCUT2D eigenvalue weighted by Gasteiger charge is 2.25. The standard InChI is InChI=1S/C37H48BN3O4/c1-25(2)31-13-11-14-32(26(3)4)35(31)39-21-22-40(36-33(27(5)6)15-12-16-34(36)28(7)8)37(39)38-45-24-10-9-23-44-30-19-17-29(18-20-30)41(42)43/h11-22,25-28H,9-10,23-24H2,1-8H3. The Hall–Kier alpha value is -3.91. The van der Waals surface area contributed by atoms with E-state index in [0.29, 0.717) is 42.6 Å². The molecule has 0 saturated heterocycles. The van der Waals surface area contributed by atoms with Gasteiger partial charge in [0.05, 0.1) is 11.5 Å². The third kappa shape index (κ3) is 8.04. The summed E-state index contributed by atoms with van der Waals surface area (Å²) < 4.78 is 16.7. The average molecular weight is 610 g/mol. The molecule has 8 heteroatoms. The van der Waals surface area contributed by atoms with Gasteiger partial charge < -0.3 is 9.39 Å². The van der Waals surface area contributed by atoms with E-state index in [1.165, 1.54) is 45.8 Å². The predicted molar refractivity (Wildman–Crippen MR) is 183 cm³/mol. The van der Waals surface area contributed by atoms with Crippen LogP contribution in [0.5, 0.6) is 5.75 Å². The largest absolute Gasteiger partial charge is 0.646 e. The number of ether oxygens (including phenoxy) is 1. The summed E-state index contributed by atoms with van der Waals surface area (Å²) in [6.07, 6.45) is 5.97. The summed E-state index contributed by atoms with van der Waals surface area (Å²) in [6.45, 7) is 19.1. The van der Waals surface area contributed by atoms with E-state index in [0.717, 1.165) is 18.6 Å². The molecule has 0 bridgehead atoms. The smallest absolute Gasteiger partial charge is 0.269 e. The van der Waals surface area contributed by atoms with Gasteiger partial charge in [0.25, 0.3) is 5.69 Å². The van der Waals surface area contributed by atoms with Crippen molar-refractivity contribution in [1.29, 1.82) is 0 Å². The normalized spacial score (nSPS) is 11.7. The minimum atomic E-state index is -0.409. The lowest BCUT2D eigenvalue weighted by atomic mass is 9.90. The van der Waals surface area contributed by atoms with E-state index in [2.05, 4.69) is 113 Å². The predicted octanol–water partition coefficient (Wildman–Crippen LogP) is 8.28. The quantitative estimate of drug-likeness (QED) is 0.0447. The van der Waals surface area contributed by atoms with Gasteiger partial charge in [-0.25, -0.2) is 9.13 Å². The molecule has 0 fully saturated rings. The van der Waals surface area contributed by atoms with Gasteiger partial charge in [-0.15, -0.1) is 0 Å². The van der Waals surface area contributed by atoms with Gasteiger partial charge in [0.2, 0.25) is 0 Å². The molecule has 3 aromatic carbocycles. The Morgan fingerprint density at radius 2 is 1.27 bits per heavy atom. The highest BCUT2D eigenvalue weighted by Crippen LogP contribution is 2.32. The minimum absolute atomic E-state index is 0.0568. The fraction of sp³-hybridized carbons (Fsp3) is 0.432. The number of hydrogen-bond acceptors (Lipinski definition) is 4. The number of para-hydroxylation sites is 2. The van der Waals surface area contributed by atoms with Gasteiger partial charge in [0.15, 0.2) is 0 Å². The maximum Gasteiger partial charge on any atom is 0.269 e. The van der Waals surface area contributed by atoms with E-state index >= 15 is 0 Å². The van der Waals surface area contributed by atoms with Crippen molar-refractivity contribution in [3.63, 3.8) is 0 Å². The second-order valence-electron chi connectivity index (χ2n) is 12.9. The molecule has 0 aliphatic rings. The molecule has 0 amide bonds. The number of nitro benzene ring substituents is 1. The number of benzene rings is 3. The van der Waals surface area contributed by atoms with E-state index in [1.807, 2.05) is 7.48 Å². The Morgan fingerprint density at radius 1 is 0.756 bits per heavy atom. The van der Waals surface area contributed by atoms with Crippen molar-refractivity contribution in [3.05, 3.63) is 105 Å². The number of unbranched alkanes of at least 4 members (excludes halogenated alkanes) is 1. The Balaban J connectivity index is 1.63. The monoisotopic (exact) mass is 609 g/mol. The number of hydrogen-bond donors (Lipinski definition) is 0. The molecule has 238 valence electrons. The maximum atomic E-state index is 10.9. The maximum absolute atomic E-state index is 10.9. The average Bonchev–Trinajstić information content (AvgIpc) is 3.42. The van der Waals surface area contributed by atoms with Gasteiger partial charge in [-0.05, 0) is 62.7 Å². The summed E-state index contributed by atoms with van der Waals surface area (Å²) in [7, 11) is 1.92. The summed E-state index contributed by atoms with van der Waals surface area (Å²) in [5, 5.41) is 10.9. The van der Waals surface area contributed by atoms with E-state index in [1.54, 1.807) is 12.1 Å². The summed E-state index contributed by atoms with van der Waals surface area (Å²) >= 11 is 0. The van der Waals surface area contributed by atoms with Crippen molar-refractivity contribution in [2.45, 2.75) is 91.9 Å². The van der Waals surface area contributed by atoms with E-state index in [-0.39, 0.29) is 5.69 Å². The molecule has 2 radical (unpaired) electrons. The molecular weight excluding hydrogens is 561 g/mol. The van der Waals surface area contributed by atoms with Crippen LogP contribution < -0.4 is 15.0 Å². The summed E-state index contributed by atoms with van der Waals surface area (Å²) in [4.78, 5) is 10.5. The van der Waals surface area contributed by atoms with E-state index < -0.39 is 4.92 Å². The Labute approximate surface area is 269 Å². The molecule has 4 aromatic rings. The van der Waals surface area contributed by atoms with Crippen molar-refractivity contribution < 1.29 is 18.9 Å². The number of aromatic nitrogens is 2. The number of nitrogens with zero attached hydrogens (tertiary/aromatic N) is 3. The molecule has 0 unspecified atom stereocenters. The molecular formula is C37H48BN3O4. The molecule has 0 aliphatic carbocycles. The Bertz CT molecular complexity index is 1440. The Kier molecular flexibility index (Phi) is 11.6. The van der Waals surface area contributed by atoms with Crippen LogP contribution in [0, 0.1) is 10.1 Å². The topological polar surface area (TPSA) is 70.4 Å². The Morgan fingerprint density at radius 3 is 1.78 bits per heavy atom. The first kappa shape index (κ1) is 34.0. The summed E-state index contributed by atoms with van der Waals surface area (Å²) in [5.41, 5.74) is 8.71. The van der Waals surface area contributed by atoms with Crippen LogP contribution >= 0.6 is 0 Å². The molecule has 4 rings (SSSR count). The van der Waals surface area contributed by atoms with Crippen LogP contribution in [0.25, 0.3) is 11.4 Å². The molecule has 1 aromatic heterocycles. The zero-order valence-corrected chi connectivity index (χ0v) is 28.1. The van der Waals surface area contributed by atoms with Gasteiger partial charge in [-0.1, -0.05) is 91.8 Å². The van der Waals surface area contributed by atoms with Crippen molar-refractivity contribution in [2.75, 3.05) is 13.2 Å². The van der Waals surface area contributed by atoms with Gasteiger partial charge in [0, 0.05) is 40.1 Å². The highest BCUT2D eigenvalue weighted by atomic mass is 16.6. The highest BCUT2D eigenvalue weighted by molar-refractivity contribution is 6.43. The fourth-order valence-electron chi connectivity index (χ4n) is 5.75. The number of nitro groups is 1. The van der Waals surface area contributed by atoms with Gasteiger partial charge >= 0.3 is 0 Å². The SMILES string of the molecule is CC(C)c1cccc(C(C)C)c1-n1cc[n+](-c2c(C(C)C)cccc2C(C)C)c1[B-]OCCCCOc1ccc([N+](=O)[O-])cc1. The lowest BCUT2D eigenvalue weighted by Crippen LogP contribution is -2.53. The van der Waals surface area contributed by atoms with E-state index in [4.69, 9.17) is 9.39 Å². The van der Waals surface area contributed by atoms with Crippen molar-refractivity contribution >= 4 is 18.9 Å². The second-order valence-corrected chi connectivity index (χ2v) is 12.9. The third-order valence-electron chi connectivity index (χ3n) is 8.19. The van der Waals surface area contributed by atoms with Crippen LogP contribution in [-0.2, 0) is 4.65 Å². The number of rotatable bonds is 15. The minimum Gasteiger partial charge on any atom is -0.646 e. The van der Waals surface area contributed by atoms with Crippen LogP contribution in [0.15, 0.2) is 73.1 Å². The van der Waals surface area contributed by atoms with Crippen molar-refractivity contribution in [2.24, 2.45) is 0 Å². The first-order valence-corrected chi connectivity index (χ1v) is 16.2. The van der Waals surface area contributed by atoms with Crippen LogP contribution in [0.3, 0.4) is 0 Å². The summed E-state index contributed by atoms with van der Waals surface area (Å²) in [5.74, 6) is 2.05. The lowest BCUT2D eigenvalue weighted by Gasteiger charge is -2.24. The lowest BCUT2D eigenvalue weighted by molar-refractivity contribution is -0.577. The number of imidazole rings is 1. The van der Waals surface area contributed by atoms with Gasteiger partial charge in [0.1, 0.15) is 29.5 Å². The van der Waals surface area contributed by atoms with Crippen LogP contribution in [0.4, 0.5) is 5.69 Å². The molecule has 0 atom stereocenters. The van der Waals surface area contributed by atoms with Crippen molar-refractivity contribution in [1.82, 2.24) is 4.57 Å². The van der Waals surface area contributed by atoms with Crippen LogP contribution in [-0.4, -0.2) is 30.2 Å². The molecule has 7 nitrogen and oxygen atoms in total. The summed E-state index contributed by atoms with van der Waals surface area (Å²) in [6, 6.07) is 19.5. The molecule has 1 heterocycles. The van der Waals surface area contributed by atoms with Gasteiger partial charge in [-0.3, -0.25) is 10.1 Å².